The summed E-state index contributed by atoms with van der Waals surface area (Å²) in [5.41, 5.74) is 2.04. The van der Waals surface area contributed by atoms with Crippen LogP contribution in [0, 0.1) is 5.92 Å². The Bertz CT molecular complexity index is 846. The maximum absolute atomic E-state index is 12.1. The van der Waals surface area contributed by atoms with Gasteiger partial charge in [0.25, 0.3) is 0 Å². The molecule has 124 valence electrons. The van der Waals surface area contributed by atoms with Gasteiger partial charge in [0, 0.05) is 5.69 Å². The molecule has 0 radical (unpaired) electrons. The van der Waals surface area contributed by atoms with E-state index in [0.29, 0.717) is 17.8 Å². The molecule has 1 heterocycles. The van der Waals surface area contributed by atoms with Crippen molar-refractivity contribution in [2.24, 2.45) is 16.1 Å². The molecule has 1 saturated heterocycles. The molecule has 7 heteroatoms. The van der Waals surface area contributed by atoms with E-state index < -0.39 is 15.8 Å². The largest absolute Gasteiger partial charge is 0.326 e. The second-order valence-electron chi connectivity index (χ2n) is 5.67. The first-order valence-electron chi connectivity index (χ1n) is 7.60. The number of hydrogen-bond donors (Lipinski definition) is 1. The summed E-state index contributed by atoms with van der Waals surface area (Å²) < 4.78 is 22.9. The van der Waals surface area contributed by atoms with Crippen LogP contribution in [0.5, 0.6) is 0 Å². The fraction of sp³-hybridized carbons (Fsp3) is 0.235. The van der Waals surface area contributed by atoms with Crippen LogP contribution in [0.3, 0.4) is 0 Å². The first-order chi connectivity index (χ1) is 11.5. The summed E-state index contributed by atoms with van der Waals surface area (Å²) in [6.07, 6.45) is 0.386. The van der Waals surface area contributed by atoms with Gasteiger partial charge in [-0.2, -0.15) is 10.2 Å². The van der Waals surface area contributed by atoms with Crippen LogP contribution in [0.1, 0.15) is 6.42 Å². The third-order valence-electron chi connectivity index (χ3n) is 3.78. The van der Waals surface area contributed by atoms with Crippen molar-refractivity contribution in [1.82, 2.24) is 0 Å². The predicted molar refractivity (Wildman–Crippen MR) is 92.5 cm³/mol. The van der Waals surface area contributed by atoms with Gasteiger partial charge in [-0.3, -0.25) is 4.79 Å². The van der Waals surface area contributed by atoms with Gasteiger partial charge in [-0.25, -0.2) is 8.42 Å². The SMILES string of the molecule is O=C(Nc1ccc(N=Nc2ccccc2)cc1)C1CCS(=O)(=O)C1. The zero-order chi connectivity index (χ0) is 17.0. The van der Waals surface area contributed by atoms with Gasteiger partial charge in [0.15, 0.2) is 9.84 Å². The maximum Gasteiger partial charge on any atom is 0.228 e. The Balaban J connectivity index is 1.60. The van der Waals surface area contributed by atoms with E-state index in [1.54, 1.807) is 24.3 Å². The lowest BCUT2D eigenvalue weighted by Crippen LogP contribution is -2.23. The lowest BCUT2D eigenvalue weighted by molar-refractivity contribution is -0.119. The summed E-state index contributed by atoms with van der Waals surface area (Å²) in [4.78, 5) is 12.1. The molecule has 1 aliphatic rings. The molecule has 2 aromatic carbocycles. The Morgan fingerprint density at radius 2 is 1.58 bits per heavy atom. The Kier molecular flexibility index (Phi) is 4.71. The van der Waals surface area contributed by atoms with E-state index in [0.717, 1.165) is 5.69 Å². The van der Waals surface area contributed by atoms with Crippen molar-refractivity contribution in [3.05, 3.63) is 54.6 Å². The topological polar surface area (TPSA) is 88.0 Å². The minimum Gasteiger partial charge on any atom is -0.326 e. The smallest absolute Gasteiger partial charge is 0.228 e. The van der Waals surface area contributed by atoms with Crippen LogP contribution in [0.25, 0.3) is 0 Å². The average molecular weight is 343 g/mol. The number of carbonyl (C=O) groups excluding carboxylic acids is 1. The summed E-state index contributed by atoms with van der Waals surface area (Å²) in [6.45, 7) is 0. The van der Waals surface area contributed by atoms with Crippen molar-refractivity contribution >= 4 is 32.8 Å². The van der Waals surface area contributed by atoms with Crippen LogP contribution in [0.4, 0.5) is 17.1 Å². The molecule has 0 aromatic heterocycles. The van der Waals surface area contributed by atoms with Gasteiger partial charge in [0.05, 0.1) is 28.8 Å². The summed E-state index contributed by atoms with van der Waals surface area (Å²) in [7, 11) is -3.06. The van der Waals surface area contributed by atoms with Gasteiger partial charge in [-0.05, 0) is 42.8 Å². The molecule has 2 aromatic rings. The minimum atomic E-state index is -3.06. The molecule has 0 bridgehead atoms. The fourth-order valence-corrected chi connectivity index (χ4v) is 4.21. The number of nitrogens with one attached hydrogen (secondary N) is 1. The summed E-state index contributed by atoms with van der Waals surface area (Å²) in [6, 6.07) is 16.3. The Labute approximate surface area is 140 Å². The van der Waals surface area contributed by atoms with Crippen molar-refractivity contribution in [1.29, 1.82) is 0 Å². The van der Waals surface area contributed by atoms with E-state index in [9.17, 15) is 13.2 Å². The standard InChI is InChI=1S/C17H17N3O3S/c21-17(13-10-11-24(22,23)12-13)18-14-6-8-16(9-7-14)20-19-15-4-2-1-3-5-15/h1-9,13H,10-12H2,(H,18,21). The van der Waals surface area contributed by atoms with Gasteiger partial charge in [-0.15, -0.1) is 0 Å². The highest BCUT2D eigenvalue weighted by molar-refractivity contribution is 7.91. The highest BCUT2D eigenvalue weighted by Crippen LogP contribution is 2.23. The second kappa shape index (κ2) is 6.92. The first kappa shape index (κ1) is 16.3. The van der Waals surface area contributed by atoms with Crippen LogP contribution in [-0.4, -0.2) is 25.8 Å². The number of sulfone groups is 1. The summed E-state index contributed by atoms with van der Waals surface area (Å²) in [5, 5.41) is 11.0. The Morgan fingerprint density at radius 3 is 2.17 bits per heavy atom. The van der Waals surface area contributed by atoms with E-state index in [1.165, 1.54) is 0 Å². The monoisotopic (exact) mass is 343 g/mol. The van der Waals surface area contributed by atoms with Crippen LogP contribution < -0.4 is 5.32 Å². The molecule has 3 rings (SSSR count). The Hall–Kier alpha value is -2.54. The highest BCUT2D eigenvalue weighted by Gasteiger charge is 2.32. The van der Waals surface area contributed by atoms with Crippen molar-refractivity contribution in [3.63, 3.8) is 0 Å². The number of nitrogens with zero attached hydrogens (tertiary/aromatic N) is 2. The molecular formula is C17H17N3O3S. The number of rotatable bonds is 4. The van der Waals surface area contributed by atoms with E-state index >= 15 is 0 Å². The van der Waals surface area contributed by atoms with Gasteiger partial charge in [0.1, 0.15) is 0 Å². The molecular weight excluding hydrogens is 326 g/mol. The quantitative estimate of drug-likeness (QED) is 0.862. The maximum atomic E-state index is 12.1. The molecule has 0 spiro atoms. The molecule has 24 heavy (non-hydrogen) atoms. The van der Waals surface area contributed by atoms with Crippen LogP contribution in [0.2, 0.25) is 0 Å². The third-order valence-corrected chi connectivity index (χ3v) is 5.54. The minimum absolute atomic E-state index is 0.0673. The van der Waals surface area contributed by atoms with Gasteiger partial charge < -0.3 is 5.32 Å². The number of amides is 1. The first-order valence-corrected chi connectivity index (χ1v) is 9.42. The average Bonchev–Trinajstić information content (AvgIpc) is 2.95. The number of carbonyl (C=O) groups is 1. The second-order valence-corrected chi connectivity index (χ2v) is 7.90. The lowest BCUT2D eigenvalue weighted by Gasteiger charge is -2.09. The molecule has 1 atom stereocenters. The molecule has 1 N–H and O–H groups in total. The summed E-state index contributed by atoms with van der Waals surface area (Å²) in [5.74, 6) is -0.700. The highest BCUT2D eigenvalue weighted by atomic mass is 32.2. The lowest BCUT2D eigenvalue weighted by atomic mass is 10.1. The van der Waals surface area contributed by atoms with E-state index in [4.69, 9.17) is 0 Å². The molecule has 1 unspecified atom stereocenters. The predicted octanol–water partition coefficient (Wildman–Crippen LogP) is 3.48. The number of azo groups is 1. The Morgan fingerprint density at radius 1 is 0.958 bits per heavy atom. The van der Waals surface area contributed by atoms with Crippen LogP contribution in [0.15, 0.2) is 64.8 Å². The number of anilines is 1. The number of hydrogen-bond acceptors (Lipinski definition) is 5. The zero-order valence-corrected chi connectivity index (χ0v) is 13.7. The molecule has 1 amide bonds. The van der Waals surface area contributed by atoms with Crippen LogP contribution in [-0.2, 0) is 14.6 Å². The van der Waals surface area contributed by atoms with E-state index in [-0.39, 0.29) is 17.4 Å². The summed E-state index contributed by atoms with van der Waals surface area (Å²) >= 11 is 0. The van der Waals surface area contributed by atoms with Crippen molar-refractivity contribution < 1.29 is 13.2 Å². The van der Waals surface area contributed by atoms with Crippen molar-refractivity contribution in [2.45, 2.75) is 6.42 Å². The number of benzene rings is 2. The molecule has 1 fully saturated rings. The van der Waals surface area contributed by atoms with Gasteiger partial charge in [-0.1, -0.05) is 18.2 Å². The zero-order valence-electron chi connectivity index (χ0n) is 12.9. The van der Waals surface area contributed by atoms with Crippen molar-refractivity contribution in [3.8, 4) is 0 Å². The molecule has 6 nitrogen and oxygen atoms in total. The van der Waals surface area contributed by atoms with Crippen molar-refractivity contribution in [2.75, 3.05) is 16.8 Å². The van der Waals surface area contributed by atoms with Gasteiger partial charge in [0.2, 0.25) is 5.91 Å². The van der Waals surface area contributed by atoms with Gasteiger partial charge >= 0.3 is 0 Å². The fourth-order valence-electron chi connectivity index (χ4n) is 2.47. The molecule has 0 aliphatic carbocycles. The van der Waals surface area contributed by atoms with E-state index in [1.807, 2.05) is 30.3 Å². The van der Waals surface area contributed by atoms with E-state index in [2.05, 4.69) is 15.5 Å². The van der Waals surface area contributed by atoms with Crippen LogP contribution >= 0.6 is 0 Å². The third kappa shape index (κ3) is 4.26. The normalized spacial score (nSPS) is 19.4. The molecule has 0 saturated carbocycles. The molecule has 1 aliphatic heterocycles.